The number of hydrogen-bond acceptors (Lipinski definition) is 4. The molecule has 0 spiro atoms. The summed E-state index contributed by atoms with van der Waals surface area (Å²) in [7, 11) is 0. The molecule has 0 saturated heterocycles. The second-order valence-electron chi connectivity index (χ2n) is 8.29. The zero-order valence-corrected chi connectivity index (χ0v) is 19.9. The third-order valence-electron chi connectivity index (χ3n) is 5.21. The summed E-state index contributed by atoms with van der Waals surface area (Å²) < 4.78 is 5.75. The van der Waals surface area contributed by atoms with Crippen molar-refractivity contribution < 1.29 is 20.1 Å². The van der Waals surface area contributed by atoms with Crippen molar-refractivity contribution in [2.75, 3.05) is 26.4 Å². The maximum Gasteiger partial charge on any atom is 0.100 e. The van der Waals surface area contributed by atoms with E-state index >= 15 is 0 Å². The van der Waals surface area contributed by atoms with E-state index in [9.17, 15) is 0 Å². The minimum Gasteiger partial charge on any atom is -0.394 e. The molecule has 29 heavy (non-hydrogen) atoms. The maximum atomic E-state index is 8.17. The van der Waals surface area contributed by atoms with Crippen LogP contribution >= 0.6 is 0 Å². The number of aliphatic hydroxyl groups is 3. The van der Waals surface area contributed by atoms with Crippen LogP contribution in [0.5, 0.6) is 0 Å². The Morgan fingerprint density at radius 2 is 0.759 bits per heavy atom. The standard InChI is InChI=1S/C22H46O.C3H8O3/c1-3-5-7-9-11-13-15-17-19-21-23-22-20-18-16-14-12-10-8-6-4-2;4-1-3(6)2-5/h3-22H2,1-2H3;3-6H,1-2H2. The quantitative estimate of drug-likeness (QED) is 0.178. The lowest BCUT2D eigenvalue weighted by atomic mass is 10.1. The minimum absolute atomic E-state index is 0.365. The van der Waals surface area contributed by atoms with E-state index in [4.69, 9.17) is 20.1 Å². The van der Waals surface area contributed by atoms with Crippen molar-refractivity contribution in [2.45, 2.75) is 136 Å². The average Bonchev–Trinajstić information content (AvgIpc) is 2.75. The van der Waals surface area contributed by atoms with Crippen molar-refractivity contribution in [3.05, 3.63) is 0 Å². The number of ether oxygens (including phenoxy) is 1. The smallest absolute Gasteiger partial charge is 0.100 e. The highest BCUT2D eigenvalue weighted by Crippen LogP contribution is 2.11. The van der Waals surface area contributed by atoms with Crippen LogP contribution in [0.1, 0.15) is 129 Å². The Labute approximate surface area is 182 Å². The summed E-state index contributed by atoms with van der Waals surface area (Å²) in [6, 6.07) is 0. The van der Waals surface area contributed by atoms with Crippen LogP contribution in [0.4, 0.5) is 0 Å². The lowest BCUT2D eigenvalue weighted by molar-refractivity contribution is 0.0450. The molecule has 0 fully saturated rings. The van der Waals surface area contributed by atoms with Gasteiger partial charge in [-0.05, 0) is 12.8 Å². The SMILES string of the molecule is CCCCCCCCCCCOCCCCCCCCCCC.OCC(O)CO. The molecule has 0 aromatic carbocycles. The third kappa shape index (κ3) is 32.7. The van der Waals surface area contributed by atoms with E-state index in [1.807, 2.05) is 0 Å². The van der Waals surface area contributed by atoms with E-state index in [2.05, 4.69) is 13.8 Å². The second kappa shape index (κ2) is 30.0. The molecule has 0 atom stereocenters. The van der Waals surface area contributed by atoms with Gasteiger partial charge in [-0.25, -0.2) is 0 Å². The Bertz CT molecular complexity index is 237. The highest BCUT2D eigenvalue weighted by Gasteiger charge is 1.95. The normalized spacial score (nSPS) is 11.0. The fraction of sp³-hybridized carbons (Fsp3) is 1.00. The third-order valence-corrected chi connectivity index (χ3v) is 5.21. The molecule has 0 aliphatic carbocycles. The molecule has 0 aliphatic rings. The molecule has 3 N–H and O–H groups in total. The van der Waals surface area contributed by atoms with Gasteiger partial charge >= 0.3 is 0 Å². The van der Waals surface area contributed by atoms with Gasteiger partial charge in [0.05, 0.1) is 13.2 Å². The van der Waals surface area contributed by atoms with Crippen LogP contribution in [0.2, 0.25) is 0 Å². The molecule has 4 nitrogen and oxygen atoms in total. The molecule has 0 radical (unpaired) electrons. The molecular weight excluding hydrogens is 364 g/mol. The summed E-state index contributed by atoms with van der Waals surface area (Å²) in [5.41, 5.74) is 0. The molecule has 4 heteroatoms. The first-order valence-electron chi connectivity index (χ1n) is 12.7. The number of unbranched alkanes of at least 4 members (excludes halogenated alkanes) is 16. The van der Waals surface area contributed by atoms with Crippen LogP contribution in [0.25, 0.3) is 0 Å². The summed E-state index contributed by atoms with van der Waals surface area (Å²) in [4.78, 5) is 0. The van der Waals surface area contributed by atoms with Crippen LogP contribution in [0.3, 0.4) is 0 Å². The van der Waals surface area contributed by atoms with Gasteiger partial charge in [0.25, 0.3) is 0 Å². The first-order chi connectivity index (χ1) is 14.2. The van der Waals surface area contributed by atoms with Crippen molar-refractivity contribution >= 4 is 0 Å². The zero-order valence-electron chi connectivity index (χ0n) is 19.9. The fourth-order valence-corrected chi connectivity index (χ4v) is 3.19. The lowest BCUT2D eigenvalue weighted by Gasteiger charge is -2.05. The molecule has 178 valence electrons. The molecule has 0 rings (SSSR count). The van der Waals surface area contributed by atoms with Gasteiger partial charge in [0.1, 0.15) is 6.10 Å². The van der Waals surface area contributed by atoms with Gasteiger partial charge < -0.3 is 20.1 Å². The predicted octanol–water partition coefficient (Wildman–Crippen LogP) is 6.40. The van der Waals surface area contributed by atoms with Crippen LogP contribution in [-0.2, 0) is 4.74 Å². The van der Waals surface area contributed by atoms with E-state index in [0.29, 0.717) is 0 Å². The zero-order chi connectivity index (χ0) is 21.8. The molecule has 0 unspecified atom stereocenters. The highest BCUT2D eigenvalue weighted by atomic mass is 16.5. The first kappa shape index (κ1) is 31.0. The molecule has 0 aromatic heterocycles. The van der Waals surface area contributed by atoms with E-state index in [1.54, 1.807) is 0 Å². The van der Waals surface area contributed by atoms with Gasteiger partial charge in [-0.1, -0.05) is 117 Å². The van der Waals surface area contributed by atoms with Crippen molar-refractivity contribution in [3.8, 4) is 0 Å². The maximum absolute atomic E-state index is 8.17. The monoisotopic (exact) mass is 418 g/mol. The Balaban J connectivity index is 0. The molecular formula is C25H54O4. The van der Waals surface area contributed by atoms with Crippen LogP contribution < -0.4 is 0 Å². The van der Waals surface area contributed by atoms with Crippen molar-refractivity contribution in [2.24, 2.45) is 0 Å². The molecule has 0 amide bonds. The molecule has 0 bridgehead atoms. The summed E-state index contributed by atoms with van der Waals surface area (Å²) in [5.74, 6) is 0. The van der Waals surface area contributed by atoms with Crippen LogP contribution in [0.15, 0.2) is 0 Å². The van der Waals surface area contributed by atoms with Gasteiger partial charge in [-0.3, -0.25) is 0 Å². The van der Waals surface area contributed by atoms with E-state index in [1.165, 1.54) is 116 Å². The number of rotatable bonds is 22. The fourth-order valence-electron chi connectivity index (χ4n) is 3.19. The number of aliphatic hydroxyl groups excluding tert-OH is 3. The predicted molar refractivity (Wildman–Crippen MR) is 125 cm³/mol. The summed E-state index contributed by atoms with van der Waals surface area (Å²) >= 11 is 0. The van der Waals surface area contributed by atoms with Crippen LogP contribution in [0, 0.1) is 0 Å². The summed E-state index contributed by atoms with van der Waals surface area (Å²) in [5, 5.41) is 24.0. The Morgan fingerprint density at radius 3 is 1.00 bits per heavy atom. The van der Waals surface area contributed by atoms with Crippen molar-refractivity contribution in [1.29, 1.82) is 0 Å². The second-order valence-corrected chi connectivity index (χ2v) is 8.29. The first-order valence-corrected chi connectivity index (χ1v) is 12.7. The van der Waals surface area contributed by atoms with E-state index in [0.717, 1.165) is 13.2 Å². The van der Waals surface area contributed by atoms with Gasteiger partial charge in [-0.2, -0.15) is 0 Å². The Morgan fingerprint density at radius 1 is 0.483 bits per heavy atom. The largest absolute Gasteiger partial charge is 0.394 e. The summed E-state index contributed by atoms with van der Waals surface area (Å²) in [6.07, 6.45) is 24.2. The average molecular weight is 419 g/mol. The van der Waals surface area contributed by atoms with Gasteiger partial charge in [0, 0.05) is 13.2 Å². The van der Waals surface area contributed by atoms with E-state index in [-0.39, 0.29) is 13.2 Å². The molecule has 0 aliphatic heterocycles. The van der Waals surface area contributed by atoms with Crippen molar-refractivity contribution in [3.63, 3.8) is 0 Å². The highest BCUT2D eigenvalue weighted by molar-refractivity contribution is 4.48. The van der Waals surface area contributed by atoms with E-state index < -0.39 is 6.10 Å². The molecule has 0 saturated carbocycles. The Kier molecular flexibility index (Phi) is 32.1. The van der Waals surface area contributed by atoms with Crippen LogP contribution in [-0.4, -0.2) is 47.9 Å². The minimum atomic E-state index is -0.954. The number of hydrogen-bond donors (Lipinski definition) is 3. The summed E-state index contributed by atoms with van der Waals surface area (Å²) in [6.45, 7) is 5.83. The molecule has 0 heterocycles. The topological polar surface area (TPSA) is 69.9 Å². The lowest BCUT2D eigenvalue weighted by Crippen LogP contribution is -2.15. The van der Waals surface area contributed by atoms with Gasteiger partial charge in [0.15, 0.2) is 0 Å². The Hall–Kier alpha value is -0.160. The molecule has 0 aromatic rings. The van der Waals surface area contributed by atoms with Gasteiger partial charge in [0.2, 0.25) is 0 Å². The van der Waals surface area contributed by atoms with Crippen molar-refractivity contribution in [1.82, 2.24) is 0 Å². The van der Waals surface area contributed by atoms with Gasteiger partial charge in [-0.15, -0.1) is 0 Å².